The van der Waals surface area contributed by atoms with Crippen molar-refractivity contribution in [2.75, 3.05) is 26.2 Å². The Kier molecular flexibility index (Phi) is 8.57. The van der Waals surface area contributed by atoms with Crippen LogP contribution in [0.25, 0.3) is 0 Å². The van der Waals surface area contributed by atoms with E-state index in [0.717, 1.165) is 50.1 Å². The second-order valence-electron chi connectivity index (χ2n) is 7.74. The number of nitrogens with zero attached hydrogens (tertiary/aromatic N) is 1. The summed E-state index contributed by atoms with van der Waals surface area (Å²) < 4.78 is 5.84. The highest BCUT2D eigenvalue weighted by molar-refractivity contribution is 5.96. The number of carbonyl (C=O) groups is 1. The van der Waals surface area contributed by atoms with Crippen LogP contribution in [0.1, 0.15) is 60.9 Å². The molecule has 2 aromatic rings. The molecule has 0 aromatic heterocycles. The van der Waals surface area contributed by atoms with Crippen LogP contribution in [-0.2, 0) is 6.42 Å². The summed E-state index contributed by atoms with van der Waals surface area (Å²) in [6.07, 6.45) is 8.75. The fraction of sp³-hybridized carbons (Fsp3) is 0.480. The maximum Gasteiger partial charge on any atom is 0.162 e. The van der Waals surface area contributed by atoms with Crippen LogP contribution < -0.4 is 4.74 Å². The van der Waals surface area contributed by atoms with Crippen molar-refractivity contribution in [3.8, 4) is 5.75 Å². The molecule has 2 aromatic carbocycles. The lowest BCUT2D eigenvalue weighted by molar-refractivity contribution is 0.0979. The molecule has 0 radical (unpaired) electrons. The summed E-state index contributed by atoms with van der Waals surface area (Å²) in [5, 5.41) is 0. The summed E-state index contributed by atoms with van der Waals surface area (Å²) >= 11 is 0. The van der Waals surface area contributed by atoms with Crippen molar-refractivity contribution in [3.63, 3.8) is 0 Å². The molecule has 0 amide bonds. The van der Waals surface area contributed by atoms with E-state index in [1.54, 1.807) is 0 Å². The predicted molar refractivity (Wildman–Crippen MR) is 115 cm³/mol. The number of benzene rings is 2. The Hall–Kier alpha value is -2.13. The standard InChI is InChI=1S/C25H33NO2/c27-25(13-6-5-12-22-10-3-1-4-11-22)23-14-16-24(17-15-23)28-21-9-20-26-18-7-2-8-19-26/h1,3-4,10-11,14-17H,2,5-9,12-13,18-21H2. The number of Topliss-reactive ketones (excluding diaryl/α,β-unsaturated/α-hetero) is 1. The highest BCUT2D eigenvalue weighted by Gasteiger charge is 2.09. The molecule has 150 valence electrons. The molecule has 0 spiro atoms. The van der Waals surface area contributed by atoms with Crippen LogP contribution in [0, 0.1) is 0 Å². The van der Waals surface area contributed by atoms with Gasteiger partial charge in [-0.05, 0) is 81.4 Å². The Morgan fingerprint density at radius 1 is 0.857 bits per heavy atom. The van der Waals surface area contributed by atoms with Crippen molar-refractivity contribution in [2.45, 2.75) is 51.4 Å². The molecule has 0 saturated carbocycles. The van der Waals surface area contributed by atoms with Crippen molar-refractivity contribution >= 4 is 5.78 Å². The quantitative estimate of drug-likeness (QED) is 0.379. The number of carbonyl (C=O) groups excluding carboxylic acids is 1. The lowest BCUT2D eigenvalue weighted by Crippen LogP contribution is -2.31. The maximum atomic E-state index is 12.4. The van der Waals surface area contributed by atoms with Gasteiger partial charge >= 0.3 is 0 Å². The molecule has 0 unspecified atom stereocenters. The van der Waals surface area contributed by atoms with Crippen LogP contribution in [0.2, 0.25) is 0 Å². The SMILES string of the molecule is O=C(CCCCc1ccccc1)c1ccc(OCCCN2CCCCC2)cc1. The molecular formula is C25H33NO2. The third-order valence-electron chi connectivity index (χ3n) is 5.47. The molecule has 0 N–H and O–H groups in total. The zero-order chi connectivity index (χ0) is 19.4. The number of hydrogen-bond donors (Lipinski definition) is 0. The smallest absolute Gasteiger partial charge is 0.162 e. The first-order valence-electron chi connectivity index (χ1n) is 10.8. The summed E-state index contributed by atoms with van der Waals surface area (Å²) in [7, 11) is 0. The second-order valence-corrected chi connectivity index (χ2v) is 7.74. The van der Waals surface area contributed by atoms with E-state index in [-0.39, 0.29) is 5.78 Å². The van der Waals surface area contributed by atoms with Crippen molar-refractivity contribution in [1.29, 1.82) is 0 Å². The molecule has 1 aliphatic heterocycles. The Labute approximate surface area is 169 Å². The molecular weight excluding hydrogens is 346 g/mol. The van der Waals surface area contributed by atoms with Crippen molar-refractivity contribution < 1.29 is 9.53 Å². The van der Waals surface area contributed by atoms with Crippen LogP contribution in [-0.4, -0.2) is 36.9 Å². The topological polar surface area (TPSA) is 29.5 Å². The summed E-state index contributed by atoms with van der Waals surface area (Å²) in [4.78, 5) is 14.9. The number of ketones is 1. The fourth-order valence-electron chi connectivity index (χ4n) is 3.80. The molecule has 1 heterocycles. The van der Waals surface area contributed by atoms with Gasteiger partial charge in [-0.25, -0.2) is 0 Å². The van der Waals surface area contributed by atoms with Gasteiger partial charge in [0, 0.05) is 18.5 Å². The van der Waals surface area contributed by atoms with Crippen LogP contribution in [0.4, 0.5) is 0 Å². The molecule has 0 aliphatic carbocycles. The minimum atomic E-state index is 0.227. The zero-order valence-electron chi connectivity index (χ0n) is 16.9. The number of rotatable bonds is 11. The number of likely N-dealkylation sites (tertiary alicyclic amines) is 1. The van der Waals surface area contributed by atoms with Gasteiger partial charge in [0.15, 0.2) is 5.78 Å². The van der Waals surface area contributed by atoms with E-state index < -0.39 is 0 Å². The first kappa shape index (κ1) is 20.6. The first-order valence-corrected chi connectivity index (χ1v) is 10.8. The Bertz CT molecular complexity index is 690. The third kappa shape index (κ3) is 7.12. The summed E-state index contributed by atoms with van der Waals surface area (Å²) in [6.45, 7) is 4.34. The van der Waals surface area contributed by atoms with Crippen molar-refractivity contribution in [2.24, 2.45) is 0 Å². The van der Waals surface area contributed by atoms with E-state index in [1.165, 1.54) is 37.9 Å². The van der Waals surface area contributed by atoms with Gasteiger partial charge < -0.3 is 9.64 Å². The van der Waals surface area contributed by atoms with Gasteiger partial charge in [-0.3, -0.25) is 4.79 Å². The third-order valence-corrected chi connectivity index (χ3v) is 5.47. The van der Waals surface area contributed by atoms with E-state index >= 15 is 0 Å². The summed E-state index contributed by atoms with van der Waals surface area (Å²) in [5.41, 5.74) is 2.14. The van der Waals surface area contributed by atoms with Gasteiger partial charge in [0.05, 0.1) is 6.61 Å². The van der Waals surface area contributed by atoms with E-state index in [2.05, 4.69) is 29.2 Å². The van der Waals surface area contributed by atoms with Gasteiger partial charge in [-0.15, -0.1) is 0 Å². The van der Waals surface area contributed by atoms with Crippen molar-refractivity contribution in [1.82, 2.24) is 4.90 Å². The van der Waals surface area contributed by atoms with Crippen LogP contribution in [0.15, 0.2) is 54.6 Å². The minimum Gasteiger partial charge on any atom is -0.494 e. The normalized spacial score (nSPS) is 14.7. The largest absolute Gasteiger partial charge is 0.494 e. The van der Waals surface area contributed by atoms with Gasteiger partial charge in [0.2, 0.25) is 0 Å². The Morgan fingerprint density at radius 3 is 2.36 bits per heavy atom. The predicted octanol–water partition coefficient (Wildman–Crippen LogP) is 5.54. The van der Waals surface area contributed by atoms with E-state index in [4.69, 9.17) is 4.74 Å². The number of ether oxygens (including phenoxy) is 1. The van der Waals surface area contributed by atoms with Crippen molar-refractivity contribution in [3.05, 3.63) is 65.7 Å². The summed E-state index contributed by atoms with van der Waals surface area (Å²) in [6, 6.07) is 18.1. The molecule has 0 bridgehead atoms. The molecule has 3 rings (SSSR count). The number of hydrogen-bond acceptors (Lipinski definition) is 3. The molecule has 1 saturated heterocycles. The second kappa shape index (κ2) is 11.7. The molecule has 1 aliphatic rings. The van der Waals surface area contributed by atoms with Gasteiger partial charge in [0.25, 0.3) is 0 Å². The number of unbranched alkanes of at least 4 members (excludes halogenated alkanes) is 1. The number of aryl methyl sites for hydroxylation is 1. The Balaban J connectivity index is 1.31. The Morgan fingerprint density at radius 2 is 1.61 bits per heavy atom. The fourth-order valence-corrected chi connectivity index (χ4v) is 3.80. The van der Waals surface area contributed by atoms with Crippen LogP contribution in [0.5, 0.6) is 5.75 Å². The van der Waals surface area contributed by atoms with Crippen LogP contribution >= 0.6 is 0 Å². The molecule has 28 heavy (non-hydrogen) atoms. The van der Waals surface area contributed by atoms with E-state index in [9.17, 15) is 4.79 Å². The summed E-state index contributed by atoms with van der Waals surface area (Å²) in [5.74, 6) is 1.09. The monoisotopic (exact) mass is 379 g/mol. The number of piperidine rings is 1. The highest BCUT2D eigenvalue weighted by Crippen LogP contribution is 2.16. The molecule has 0 atom stereocenters. The van der Waals surface area contributed by atoms with E-state index in [1.807, 2.05) is 30.3 Å². The average molecular weight is 380 g/mol. The van der Waals surface area contributed by atoms with Gasteiger partial charge in [-0.2, -0.15) is 0 Å². The lowest BCUT2D eigenvalue weighted by Gasteiger charge is -2.26. The lowest BCUT2D eigenvalue weighted by atomic mass is 10.0. The minimum absolute atomic E-state index is 0.227. The zero-order valence-corrected chi connectivity index (χ0v) is 16.9. The highest BCUT2D eigenvalue weighted by atomic mass is 16.5. The molecule has 1 fully saturated rings. The van der Waals surface area contributed by atoms with Gasteiger partial charge in [0.1, 0.15) is 5.75 Å². The maximum absolute atomic E-state index is 12.4. The van der Waals surface area contributed by atoms with Gasteiger partial charge in [-0.1, -0.05) is 36.8 Å². The van der Waals surface area contributed by atoms with E-state index in [0.29, 0.717) is 6.42 Å². The average Bonchev–Trinajstić information content (AvgIpc) is 2.76. The molecule has 3 nitrogen and oxygen atoms in total. The van der Waals surface area contributed by atoms with Crippen LogP contribution in [0.3, 0.4) is 0 Å². The molecule has 3 heteroatoms. The first-order chi connectivity index (χ1) is 13.8.